The highest BCUT2D eigenvalue weighted by Crippen LogP contribution is 2.35. The number of phosphoric acid groups is 1. The van der Waals surface area contributed by atoms with E-state index in [9.17, 15) is 4.57 Å². The number of hydrogen-bond donors (Lipinski definition) is 2. The maximum atomic E-state index is 10.2. The molecule has 1 unspecified atom stereocenters. The maximum absolute atomic E-state index is 10.2. The third-order valence-corrected chi connectivity index (χ3v) is 2.08. The number of hydrogen-bond acceptors (Lipinski definition) is 4. The van der Waals surface area contributed by atoms with Gasteiger partial charge in [-0.3, -0.25) is 4.52 Å². The second-order valence-electron chi connectivity index (χ2n) is 2.94. The zero-order chi connectivity index (χ0) is 11.0. The van der Waals surface area contributed by atoms with Crippen LogP contribution in [-0.2, 0) is 18.9 Å². The first-order valence-electron chi connectivity index (χ1n) is 4.40. The van der Waals surface area contributed by atoms with E-state index in [0.29, 0.717) is 12.5 Å². The molecule has 0 aliphatic heterocycles. The molecule has 0 saturated carbocycles. The van der Waals surface area contributed by atoms with Crippen molar-refractivity contribution in [3.8, 4) is 0 Å². The molecule has 0 bridgehead atoms. The molecular formula is C7H17O6P. The number of rotatable bonds is 8. The minimum absolute atomic E-state index is 0.00153. The van der Waals surface area contributed by atoms with Crippen molar-refractivity contribution < 1.29 is 28.7 Å². The van der Waals surface area contributed by atoms with E-state index in [4.69, 9.17) is 14.7 Å². The van der Waals surface area contributed by atoms with Crippen molar-refractivity contribution in [1.82, 2.24) is 0 Å². The van der Waals surface area contributed by atoms with Crippen LogP contribution in [0.4, 0.5) is 0 Å². The molecule has 0 amide bonds. The van der Waals surface area contributed by atoms with Gasteiger partial charge in [-0.25, -0.2) is 14.3 Å². The van der Waals surface area contributed by atoms with Crippen LogP contribution in [0.1, 0.15) is 20.3 Å². The fourth-order valence-corrected chi connectivity index (χ4v) is 0.844. The molecule has 0 fully saturated rings. The molecule has 0 heterocycles. The van der Waals surface area contributed by atoms with Gasteiger partial charge in [0, 0.05) is 0 Å². The first kappa shape index (κ1) is 14.0. The Labute approximate surface area is 83.3 Å². The lowest BCUT2D eigenvalue weighted by Gasteiger charge is -2.08. The molecule has 86 valence electrons. The third-order valence-electron chi connectivity index (χ3n) is 1.56. The minimum atomic E-state index is -4.37. The van der Waals surface area contributed by atoms with Crippen molar-refractivity contribution >= 4 is 7.82 Å². The van der Waals surface area contributed by atoms with Gasteiger partial charge in [0.1, 0.15) is 6.61 Å². The second kappa shape index (κ2) is 7.34. The molecular weight excluding hydrogens is 211 g/mol. The molecule has 0 rings (SSSR count). The fourth-order valence-electron chi connectivity index (χ4n) is 0.531. The van der Waals surface area contributed by atoms with Gasteiger partial charge in [-0.05, 0) is 5.92 Å². The Balaban J connectivity index is 3.18. The second-order valence-corrected chi connectivity index (χ2v) is 4.18. The summed E-state index contributed by atoms with van der Waals surface area (Å²) in [6.07, 6.45) is 0.988. The van der Waals surface area contributed by atoms with E-state index in [1.165, 1.54) is 0 Å². The zero-order valence-corrected chi connectivity index (χ0v) is 9.27. The zero-order valence-electron chi connectivity index (χ0n) is 8.38. The average molecular weight is 228 g/mol. The Kier molecular flexibility index (Phi) is 7.35. The normalized spacial score (nSPS) is 14.3. The van der Waals surface area contributed by atoms with E-state index in [-0.39, 0.29) is 13.2 Å². The largest absolute Gasteiger partial charge is 0.469 e. The maximum Gasteiger partial charge on any atom is 0.469 e. The van der Waals surface area contributed by atoms with Gasteiger partial charge in [-0.15, -0.1) is 0 Å². The van der Waals surface area contributed by atoms with Gasteiger partial charge >= 0.3 is 7.82 Å². The Morgan fingerprint density at radius 2 is 1.93 bits per heavy atom. The summed E-state index contributed by atoms with van der Waals surface area (Å²) in [4.78, 5) is 26.0. The Morgan fingerprint density at radius 3 is 2.43 bits per heavy atom. The Morgan fingerprint density at radius 1 is 1.29 bits per heavy atom. The van der Waals surface area contributed by atoms with Gasteiger partial charge in [0.2, 0.25) is 0 Å². The lowest BCUT2D eigenvalue weighted by atomic mass is 10.1. The topological polar surface area (TPSA) is 85.2 Å². The predicted molar refractivity (Wildman–Crippen MR) is 49.4 cm³/mol. The monoisotopic (exact) mass is 228 g/mol. The van der Waals surface area contributed by atoms with E-state index in [0.717, 1.165) is 6.42 Å². The van der Waals surface area contributed by atoms with Crippen molar-refractivity contribution in [3.05, 3.63) is 0 Å². The summed E-state index contributed by atoms with van der Waals surface area (Å²) in [5.74, 6) is 0.401. The molecule has 0 aliphatic rings. The summed E-state index contributed by atoms with van der Waals surface area (Å²) < 4.78 is 14.3. The molecule has 0 aromatic heterocycles. The molecule has 0 saturated heterocycles. The van der Waals surface area contributed by atoms with Crippen molar-refractivity contribution in [2.75, 3.05) is 19.8 Å². The van der Waals surface area contributed by atoms with Crippen LogP contribution in [-0.4, -0.2) is 29.6 Å². The lowest BCUT2D eigenvalue weighted by Crippen LogP contribution is -2.08. The van der Waals surface area contributed by atoms with E-state index in [2.05, 4.69) is 9.41 Å². The highest BCUT2D eigenvalue weighted by atomic mass is 31.2. The van der Waals surface area contributed by atoms with E-state index in [1.54, 1.807) is 0 Å². The highest BCUT2D eigenvalue weighted by molar-refractivity contribution is 7.46. The summed E-state index contributed by atoms with van der Waals surface area (Å²) in [7, 11) is -4.37. The van der Waals surface area contributed by atoms with Gasteiger partial charge in [0.25, 0.3) is 0 Å². The van der Waals surface area contributed by atoms with Gasteiger partial charge in [-0.2, -0.15) is 0 Å². The smallest absolute Gasteiger partial charge is 0.303 e. The van der Waals surface area contributed by atoms with Gasteiger partial charge < -0.3 is 9.79 Å². The standard InChI is InChI=1S/C7H17O6P/c1-3-7(2)6-12-11-4-5-13-14(8,9)10/h7H,3-6H2,1-2H3,(H2,8,9,10). The molecule has 6 nitrogen and oxygen atoms in total. The summed E-state index contributed by atoms with van der Waals surface area (Å²) in [5, 5.41) is 0. The van der Waals surface area contributed by atoms with Gasteiger partial charge in [0.05, 0.1) is 13.2 Å². The Hall–Kier alpha value is 0.0300. The quantitative estimate of drug-likeness (QED) is 0.280. The van der Waals surface area contributed by atoms with Crippen LogP contribution in [0.15, 0.2) is 0 Å². The van der Waals surface area contributed by atoms with E-state index < -0.39 is 7.82 Å². The van der Waals surface area contributed by atoms with Gasteiger partial charge in [-0.1, -0.05) is 20.3 Å². The summed E-state index contributed by atoms with van der Waals surface area (Å²) in [6.45, 7) is 4.32. The SMILES string of the molecule is CCC(C)COOCCOP(=O)(O)O. The molecule has 0 aliphatic carbocycles. The van der Waals surface area contributed by atoms with Crippen LogP contribution >= 0.6 is 7.82 Å². The molecule has 7 heteroatoms. The van der Waals surface area contributed by atoms with Crippen molar-refractivity contribution in [2.45, 2.75) is 20.3 Å². The van der Waals surface area contributed by atoms with Crippen LogP contribution in [0.3, 0.4) is 0 Å². The third kappa shape index (κ3) is 10.1. The number of phosphoric ester groups is 1. The van der Waals surface area contributed by atoms with Crippen molar-refractivity contribution in [2.24, 2.45) is 5.92 Å². The van der Waals surface area contributed by atoms with E-state index in [1.807, 2.05) is 13.8 Å². The lowest BCUT2D eigenvalue weighted by molar-refractivity contribution is -0.303. The van der Waals surface area contributed by atoms with E-state index >= 15 is 0 Å². The fraction of sp³-hybridized carbons (Fsp3) is 1.00. The van der Waals surface area contributed by atoms with Crippen LogP contribution in [0.5, 0.6) is 0 Å². The summed E-state index contributed by atoms with van der Waals surface area (Å²) >= 11 is 0. The van der Waals surface area contributed by atoms with Crippen LogP contribution in [0.2, 0.25) is 0 Å². The molecule has 1 atom stereocenters. The van der Waals surface area contributed by atoms with Crippen molar-refractivity contribution in [3.63, 3.8) is 0 Å². The summed E-state index contributed by atoms with van der Waals surface area (Å²) in [6, 6.07) is 0. The minimum Gasteiger partial charge on any atom is -0.303 e. The molecule has 2 N–H and O–H groups in total. The van der Waals surface area contributed by atoms with Gasteiger partial charge in [0.15, 0.2) is 0 Å². The van der Waals surface area contributed by atoms with Crippen LogP contribution < -0.4 is 0 Å². The summed E-state index contributed by atoms with van der Waals surface area (Å²) in [5.41, 5.74) is 0. The first-order chi connectivity index (χ1) is 6.45. The Bertz CT molecular complexity index is 179. The molecule has 0 spiro atoms. The van der Waals surface area contributed by atoms with Crippen LogP contribution in [0.25, 0.3) is 0 Å². The van der Waals surface area contributed by atoms with Crippen molar-refractivity contribution in [1.29, 1.82) is 0 Å². The van der Waals surface area contributed by atoms with Crippen LogP contribution in [0, 0.1) is 5.92 Å². The molecule has 14 heavy (non-hydrogen) atoms. The molecule has 0 aromatic rings. The predicted octanol–water partition coefficient (Wildman–Crippen LogP) is 1.09. The highest BCUT2D eigenvalue weighted by Gasteiger charge is 2.12. The molecule has 0 aromatic carbocycles. The first-order valence-corrected chi connectivity index (χ1v) is 5.93. The molecule has 0 radical (unpaired) electrons. The average Bonchev–Trinajstić information content (AvgIpc) is 2.08.